The summed E-state index contributed by atoms with van der Waals surface area (Å²) in [7, 11) is 2.56. The third kappa shape index (κ3) is 4.18. The Morgan fingerprint density at radius 1 is 1.36 bits per heavy atom. The van der Waals surface area contributed by atoms with Gasteiger partial charge in [0.2, 0.25) is 0 Å². The maximum atomic E-state index is 10.7. The predicted molar refractivity (Wildman–Crippen MR) is 46.5 cm³/mol. The zero-order chi connectivity index (χ0) is 8.85. The molecule has 0 aliphatic rings. The number of rotatable bonds is 3. The van der Waals surface area contributed by atoms with E-state index in [9.17, 15) is 9.59 Å². The van der Waals surface area contributed by atoms with Gasteiger partial charge in [-0.05, 0) is 0 Å². The van der Waals surface area contributed by atoms with E-state index >= 15 is 0 Å². The summed E-state index contributed by atoms with van der Waals surface area (Å²) in [4.78, 5) is 21.3. The second-order valence-electron chi connectivity index (χ2n) is 1.77. The first kappa shape index (κ1) is 10.7. The van der Waals surface area contributed by atoms with Crippen molar-refractivity contribution in [2.24, 2.45) is 0 Å². The Hall–Kier alpha value is -0.330. The molecule has 0 spiro atoms. The van der Waals surface area contributed by atoms with Crippen molar-refractivity contribution in [1.82, 2.24) is 0 Å². The van der Waals surface area contributed by atoms with Crippen molar-refractivity contribution in [3.05, 3.63) is 0 Å². The number of carbonyl (C=O) groups excluding carboxylic acids is 2. The van der Waals surface area contributed by atoms with Crippen LogP contribution in [0.1, 0.15) is 6.42 Å². The van der Waals surface area contributed by atoms with Gasteiger partial charge in [0.15, 0.2) is 0 Å². The van der Waals surface area contributed by atoms with Gasteiger partial charge in [-0.3, -0.25) is 9.59 Å². The highest BCUT2D eigenvalue weighted by atomic mass is 127. The molecule has 0 amide bonds. The Labute approximate surface area is 78.4 Å². The Kier molecular flexibility index (Phi) is 5.18. The maximum absolute atomic E-state index is 10.7. The molecule has 0 bridgehead atoms. The predicted octanol–water partition coefficient (Wildman–Crippen LogP) is 0.526. The molecule has 64 valence electrons. The molecule has 0 aromatic heterocycles. The lowest BCUT2D eigenvalue weighted by molar-refractivity contribution is -0.146. The average molecular weight is 272 g/mol. The fourth-order valence-electron chi connectivity index (χ4n) is 0.441. The van der Waals surface area contributed by atoms with Gasteiger partial charge in [-0.2, -0.15) is 0 Å². The molecule has 0 aliphatic heterocycles. The summed E-state index contributed by atoms with van der Waals surface area (Å²) in [6.07, 6.45) is 0.0593. The Bertz CT molecular complexity index is 157. The molecule has 4 nitrogen and oxygen atoms in total. The fraction of sp³-hybridized carbons (Fsp3) is 0.667. The molecule has 0 fully saturated rings. The van der Waals surface area contributed by atoms with Crippen LogP contribution in [0, 0.1) is 0 Å². The Morgan fingerprint density at radius 3 is 2.27 bits per heavy atom. The molecule has 0 radical (unpaired) electrons. The van der Waals surface area contributed by atoms with Crippen LogP contribution in [-0.4, -0.2) is 30.1 Å². The highest BCUT2D eigenvalue weighted by molar-refractivity contribution is 14.1. The third-order valence-electron chi connectivity index (χ3n) is 1.03. The van der Waals surface area contributed by atoms with E-state index in [1.807, 2.05) is 22.6 Å². The summed E-state index contributed by atoms with van der Waals surface area (Å²) in [5.41, 5.74) is 0. The summed E-state index contributed by atoms with van der Waals surface area (Å²) in [5, 5.41) is 0. The lowest BCUT2D eigenvalue weighted by Crippen LogP contribution is -2.19. The lowest BCUT2D eigenvalue weighted by Gasteiger charge is -2.04. The minimum atomic E-state index is -0.454. The summed E-state index contributed by atoms with van der Waals surface area (Å²) < 4.78 is 8.31. The number of methoxy groups -OCH3 is 2. The van der Waals surface area contributed by atoms with E-state index < -0.39 is 15.9 Å². The van der Waals surface area contributed by atoms with Gasteiger partial charge >= 0.3 is 11.9 Å². The zero-order valence-electron chi connectivity index (χ0n) is 6.30. The van der Waals surface area contributed by atoms with E-state index in [2.05, 4.69) is 9.47 Å². The number of halogens is 1. The average Bonchev–Trinajstić information content (AvgIpc) is 2.02. The fourth-order valence-corrected chi connectivity index (χ4v) is 1.05. The van der Waals surface area contributed by atoms with E-state index in [0.29, 0.717) is 0 Å². The monoisotopic (exact) mass is 272 g/mol. The number of ether oxygens (including phenoxy) is 2. The van der Waals surface area contributed by atoms with Crippen molar-refractivity contribution in [2.45, 2.75) is 10.3 Å². The second kappa shape index (κ2) is 5.34. The molecule has 1 atom stereocenters. The van der Waals surface area contributed by atoms with Crippen LogP contribution < -0.4 is 0 Å². The summed E-state index contributed by atoms with van der Waals surface area (Å²) in [5.74, 6) is -0.814. The molecule has 1 unspecified atom stereocenters. The summed E-state index contributed by atoms with van der Waals surface area (Å²) in [6, 6.07) is 0. The molecule has 0 saturated heterocycles. The van der Waals surface area contributed by atoms with Gasteiger partial charge in [0.25, 0.3) is 0 Å². The molecule has 0 aromatic carbocycles. The molecule has 11 heavy (non-hydrogen) atoms. The normalized spacial score (nSPS) is 11.9. The number of hydrogen-bond acceptors (Lipinski definition) is 4. The van der Waals surface area contributed by atoms with E-state index in [0.717, 1.165) is 0 Å². The first-order valence-electron chi connectivity index (χ1n) is 2.90. The van der Waals surface area contributed by atoms with Crippen molar-refractivity contribution in [3.8, 4) is 0 Å². The van der Waals surface area contributed by atoms with Crippen molar-refractivity contribution in [3.63, 3.8) is 0 Å². The first-order valence-corrected chi connectivity index (χ1v) is 4.15. The number of alkyl halides is 1. The molecule has 0 rings (SSSR count). The topological polar surface area (TPSA) is 52.6 Å². The summed E-state index contributed by atoms with van der Waals surface area (Å²) in [6.45, 7) is 0. The van der Waals surface area contributed by atoms with Gasteiger partial charge in [0, 0.05) is 0 Å². The zero-order valence-corrected chi connectivity index (χ0v) is 8.45. The van der Waals surface area contributed by atoms with Gasteiger partial charge in [0.05, 0.1) is 20.6 Å². The highest BCUT2D eigenvalue weighted by Gasteiger charge is 2.18. The van der Waals surface area contributed by atoms with E-state index in [-0.39, 0.29) is 6.42 Å². The first-order chi connectivity index (χ1) is 5.11. The maximum Gasteiger partial charge on any atom is 0.319 e. The third-order valence-corrected chi connectivity index (χ3v) is 1.98. The molecule has 0 aromatic rings. The SMILES string of the molecule is COC(=O)CC(I)C(=O)OC. The highest BCUT2D eigenvalue weighted by Crippen LogP contribution is 2.08. The van der Waals surface area contributed by atoms with Gasteiger partial charge in [-0.15, -0.1) is 0 Å². The van der Waals surface area contributed by atoms with Crippen LogP contribution >= 0.6 is 22.6 Å². The van der Waals surface area contributed by atoms with Gasteiger partial charge < -0.3 is 9.47 Å². The number of hydrogen-bond donors (Lipinski definition) is 0. The van der Waals surface area contributed by atoms with E-state index in [1.165, 1.54) is 14.2 Å². The molecule has 0 saturated carbocycles. The quantitative estimate of drug-likeness (QED) is 0.427. The molecule has 0 heterocycles. The van der Waals surface area contributed by atoms with Crippen molar-refractivity contribution in [1.29, 1.82) is 0 Å². The van der Waals surface area contributed by atoms with Crippen LogP contribution in [0.3, 0.4) is 0 Å². The van der Waals surface area contributed by atoms with Crippen LogP contribution in [0.5, 0.6) is 0 Å². The lowest BCUT2D eigenvalue weighted by atomic mass is 10.3. The molecule has 0 aliphatic carbocycles. The van der Waals surface area contributed by atoms with Gasteiger partial charge in [0.1, 0.15) is 3.92 Å². The van der Waals surface area contributed by atoms with E-state index in [4.69, 9.17) is 0 Å². The Morgan fingerprint density at radius 2 is 1.91 bits per heavy atom. The smallest absolute Gasteiger partial charge is 0.319 e. The second-order valence-corrected chi connectivity index (χ2v) is 3.27. The van der Waals surface area contributed by atoms with Crippen molar-refractivity contribution < 1.29 is 19.1 Å². The Balaban J connectivity index is 3.77. The van der Waals surface area contributed by atoms with Crippen LogP contribution in [0.15, 0.2) is 0 Å². The van der Waals surface area contributed by atoms with Crippen LogP contribution in [0.2, 0.25) is 0 Å². The molecule has 5 heteroatoms. The van der Waals surface area contributed by atoms with Crippen LogP contribution in [0.4, 0.5) is 0 Å². The number of esters is 2. The minimum absolute atomic E-state index is 0.0593. The van der Waals surface area contributed by atoms with E-state index in [1.54, 1.807) is 0 Å². The minimum Gasteiger partial charge on any atom is -0.469 e. The van der Waals surface area contributed by atoms with Gasteiger partial charge in [-0.25, -0.2) is 0 Å². The standard InChI is InChI=1S/C6H9IO4/c1-10-5(8)3-4(7)6(9)11-2/h4H,3H2,1-2H3. The van der Waals surface area contributed by atoms with Crippen molar-refractivity contribution in [2.75, 3.05) is 14.2 Å². The molecular weight excluding hydrogens is 263 g/mol. The van der Waals surface area contributed by atoms with Gasteiger partial charge in [-0.1, -0.05) is 22.6 Å². The summed E-state index contributed by atoms with van der Waals surface area (Å²) >= 11 is 1.83. The largest absolute Gasteiger partial charge is 0.469 e. The molecule has 0 N–H and O–H groups in total. The molecular formula is C6H9IO4. The van der Waals surface area contributed by atoms with Crippen LogP contribution in [-0.2, 0) is 19.1 Å². The van der Waals surface area contributed by atoms with Crippen molar-refractivity contribution >= 4 is 34.5 Å². The number of carbonyl (C=O) groups is 2. The van der Waals surface area contributed by atoms with Crippen LogP contribution in [0.25, 0.3) is 0 Å².